The van der Waals surface area contributed by atoms with Crippen molar-refractivity contribution in [3.63, 3.8) is 0 Å². The van der Waals surface area contributed by atoms with Crippen molar-refractivity contribution in [1.82, 2.24) is 9.78 Å². The number of nitrogens with zero attached hydrogens (tertiary/aromatic N) is 3. The van der Waals surface area contributed by atoms with Crippen LogP contribution in [0.25, 0.3) is 16.9 Å². The molecule has 0 fully saturated rings. The third kappa shape index (κ3) is 2.85. The smallest absolute Gasteiger partial charge is 0.356 e. The molecule has 7 heteroatoms. The van der Waals surface area contributed by atoms with Gasteiger partial charge in [0.25, 0.3) is 0 Å². The lowest BCUT2D eigenvalue weighted by atomic mass is 10.1. The van der Waals surface area contributed by atoms with E-state index in [1.54, 1.807) is 24.3 Å². The molecular formula is C17H9ClFN3O2. The number of hydrogen-bond acceptors (Lipinski definition) is 3. The summed E-state index contributed by atoms with van der Waals surface area (Å²) < 4.78 is 14.7. The maximum absolute atomic E-state index is 13.4. The Hall–Kier alpha value is -3.17. The maximum Gasteiger partial charge on any atom is 0.356 e. The molecule has 3 aromatic rings. The number of aromatic nitrogens is 2. The van der Waals surface area contributed by atoms with E-state index in [-0.39, 0.29) is 10.7 Å². The van der Waals surface area contributed by atoms with Gasteiger partial charge in [0.05, 0.1) is 28.0 Å². The zero-order valence-electron chi connectivity index (χ0n) is 12.1. The Morgan fingerprint density at radius 2 is 2.04 bits per heavy atom. The first-order valence-corrected chi connectivity index (χ1v) is 7.16. The maximum atomic E-state index is 13.4. The minimum atomic E-state index is -1.19. The number of benzene rings is 2. The number of carboxylic acid groups (broad SMARTS) is 1. The Balaban J connectivity index is 2.23. The molecule has 0 unspecified atom stereocenters. The molecule has 0 aliphatic carbocycles. The summed E-state index contributed by atoms with van der Waals surface area (Å²) in [7, 11) is 0. The van der Waals surface area contributed by atoms with Gasteiger partial charge < -0.3 is 5.11 Å². The molecule has 0 saturated heterocycles. The van der Waals surface area contributed by atoms with Crippen LogP contribution in [0.15, 0.2) is 48.5 Å². The van der Waals surface area contributed by atoms with Gasteiger partial charge in [0, 0.05) is 5.56 Å². The van der Waals surface area contributed by atoms with Crippen LogP contribution in [-0.2, 0) is 0 Å². The van der Waals surface area contributed by atoms with Crippen LogP contribution in [0.2, 0.25) is 5.02 Å². The van der Waals surface area contributed by atoms with Crippen LogP contribution >= 0.6 is 11.6 Å². The summed E-state index contributed by atoms with van der Waals surface area (Å²) in [6, 6.07) is 14.0. The van der Waals surface area contributed by atoms with Crippen LogP contribution in [-0.4, -0.2) is 20.9 Å². The highest BCUT2D eigenvalue weighted by Gasteiger charge is 2.17. The second-order valence-corrected chi connectivity index (χ2v) is 5.33. The van der Waals surface area contributed by atoms with Crippen LogP contribution < -0.4 is 0 Å². The Labute approximate surface area is 141 Å². The van der Waals surface area contributed by atoms with Crippen molar-refractivity contribution in [2.24, 2.45) is 0 Å². The van der Waals surface area contributed by atoms with E-state index >= 15 is 0 Å². The summed E-state index contributed by atoms with van der Waals surface area (Å²) in [5, 5.41) is 22.2. The van der Waals surface area contributed by atoms with E-state index in [2.05, 4.69) is 5.10 Å². The molecule has 0 amide bonds. The van der Waals surface area contributed by atoms with Crippen molar-refractivity contribution in [2.45, 2.75) is 0 Å². The monoisotopic (exact) mass is 341 g/mol. The standard InChI is InChI=1S/C17H9ClFN3O2/c18-13-7-12(4-5-14(13)19)22-16(8-15(21-22)17(23)24)11-3-1-2-10(6-11)9-20/h1-8H,(H,23,24). The summed E-state index contributed by atoms with van der Waals surface area (Å²) in [4.78, 5) is 11.3. The normalized spacial score (nSPS) is 10.4. The average Bonchev–Trinajstić information content (AvgIpc) is 3.03. The van der Waals surface area contributed by atoms with E-state index in [0.29, 0.717) is 22.5 Å². The summed E-state index contributed by atoms with van der Waals surface area (Å²) in [6.07, 6.45) is 0. The van der Waals surface area contributed by atoms with Crippen molar-refractivity contribution >= 4 is 17.6 Å². The molecule has 3 rings (SSSR count). The van der Waals surface area contributed by atoms with Crippen molar-refractivity contribution in [3.05, 3.63) is 70.6 Å². The molecule has 2 aromatic carbocycles. The van der Waals surface area contributed by atoms with Gasteiger partial charge in [-0.2, -0.15) is 10.4 Å². The fourth-order valence-corrected chi connectivity index (χ4v) is 2.43. The molecule has 24 heavy (non-hydrogen) atoms. The fourth-order valence-electron chi connectivity index (χ4n) is 2.25. The number of aromatic carboxylic acids is 1. The van der Waals surface area contributed by atoms with Gasteiger partial charge >= 0.3 is 5.97 Å². The number of nitriles is 1. The van der Waals surface area contributed by atoms with Gasteiger partial charge in [-0.1, -0.05) is 23.7 Å². The zero-order chi connectivity index (χ0) is 17.3. The first kappa shape index (κ1) is 15.7. The van der Waals surface area contributed by atoms with Crippen LogP contribution in [0.4, 0.5) is 4.39 Å². The number of hydrogen-bond donors (Lipinski definition) is 1. The molecule has 0 aliphatic rings. The van der Waals surface area contributed by atoms with Gasteiger partial charge in [-0.15, -0.1) is 0 Å². The fraction of sp³-hybridized carbons (Fsp3) is 0. The lowest BCUT2D eigenvalue weighted by molar-refractivity contribution is 0.0690. The molecule has 118 valence electrons. The van der Waals surface area contributed by atoms with Crippen molar-refractivity contribution in [2.75, 3.05) is 0 Å². The highest BCUT2D eigenvalue weighted by Crippen LogP contribution is 2.27. The SMILES string of the molecule is N#Cc1cccc(-c2cc(C(=O)O)nn2-c2ccc(F)c(Cl)c2)c1. The number of carboxylic acids is 1. The molecule has 0 spiro atoms. The molecule has 1 heterocycles. The van der Waals surface area contributed by atoms with Crippen LogP contribution in [0.3, 0.4) is 0 Å². The molecule has 0 atom stereocenters. The Morgan fingerprint density at radius 1 is 1.25 bits per heavy atom. The summed E-state index contributed by atoms with van der Waals surface area (Å²) in [5.41, 5.74) is 1.72. The topological polar surface area (TPSA) is 78.9 Å². The van der Waals surface area contributed by atoms with Gasteiger partial charge in [-0.25, -0.2) is 13.9 Å². The molecule has 0 radical (unpaired) electrons. The average molecular weight is 342 g/mol. The van der Waals surface area contributed by atoms with Gasteiger partial charge in [-0.3, -0.25) is 0 Å². The minimum absolute atomic E-state index is 0.100. The van der Waals surface area contributed by atoms with Gasteiger partial charge in [0.1, 0.15) is 5.82 Å². The molecular weight excluding hydrogens is 333 g/mol. The Kier molecular flexibility index (Phi) is 4.02. The number of carbonyl (C=O) groups is 1. The molecule has 0 saturated carbocycles. The van der Waals surface area contributed by atoms with Gasteiger partial charge in [-0.05, 0) is 36.4 Å². The minimum Gasteiger partial charge on any atom is -0.476 e. The molecule has 5 nitrogen and oxygen atoms in total. The lowest BCUT2D eigenvalue weighted by Crippen LogP contribution is -2.02. The third-order valence-electron chi connectivity index (χ3n) is 3.36. The second-order valence-electron chi connectivity index (χ2n) is 4.92. The summed E-state index contributed by atoms with van der Waals surface area (Å²) in [6.45, 7) is 0. The number of rotatable bonds is 3. The predicted molar refractivity (Wildman–Crippen MR) is 85.6 cm³/mol. The zero-order valence-corrected chi connectivity index (χ0v) is 12.8. The molecule has 1 aromatic heterocycles. The Morgan fingerprint density at radius 3 is 2.71 bits per heavy atom. The molecule has 0 bridgehead atoms. The van der Waals surface area contributed by atoms with Crippen LogP contribution in [0.1, 0.15) is 16.1 Å². The van der Waals surface area contributed by atoms with Crippen LogP contribution in [0, 0.1) is 17.1 Å². The van der Waals surface area contributed by atoms with Crippen LogP contribution in [0.5, 0.6) is 0 Å². The van der Waals surface area contributed by atoms with E-state index in [4.69, 9.17) is 16.9 Å². The quantitative estimate of drug-likeness (QED) is 0.783. The summed E-state index contributed by atoms with van der Waals surface area (Å²) in [5.74, 6) is -1.78. The third-order valence-corrected chi connectivity index (χ3v) is 3.65. The van der Waals surface area contributed by atoms with Gasteiger partial charge in [0.15, 0.2) is 5.69 Å². The van der Waals surface area contributed by atoms with Crippen molar-refractivity contribution in [1.29, 1.82) is 5.26 Å². The van der Waals surface area contributed by atoms with E-state index in [9.17, 15) is 14.3 Å². The van der Waals surface area contributed by atoms with E-state index in [1.165, 1.54) is 28.9 Å². The predicted octanol–water partition coefficient (Wildman–Crippen LogP) is 3.90. The first-order valence-electron chi connectivity index (χ1n) is 6.79. The van der Waals surface area contributed by atoms with Gasteiger partial charge in [0.2, 0.25) is 0 Å². The molecule has 0 aliphatic heterocycles. The highest BCUT2D eigenvalue weighted by atomic mass is 35.5. The lowest BCUT2D eigenvalue weighted by Gasteiger charge is -2.08. The highest BCUT2D eigenvalue weighted by molar-refractivity contribution is 6.30. The van der Waals surface area contributed by atoms with E-state index in [1.807, 2.05) is 6.07 Å². The van der Waals surface area contributed by atoms with Crippen molar-refractivity contribution < 1.29 is 14.3 Å². The Bertz CT molecular complexity index is 992. The second kappa shape index (κ2) is 6.14. The van der Waals surface area contributed by atoms with E-state index in [0.717, 1.165) is 0 Å². The largest absolute Gasteiger partial charge is 0.476 e. The van der Waals surface area contributed by atoms with E-state index < -0.39 is 11.8 Å². The van der Waals surface area contributed by atoms with Crippen molar-refractivity contribution in [3.8, 4) is 23.0 Å². The molecule has 1 N–H and O–H groups in total. The first-order chi connectivity index (χ1) is 11.5. The number of halogens is 2. The summed E-state index contributed by atoms with van der Waals surface area (Å²) >= 11 is 5.80.